The van der Waals surface area contributed by atoms with E-state index in [0.717, 1.165) is 43.3 Å². The van der Waals surface area contributed by atoms with Crippen LogP contribution in [-0.2, 0) is 25.5 Å². The summed E-state index contributed by atoms with van der Waals surface area (Å²) in [6.07, 6.45) is 7.48. The predicted octanol–water partition coefficient (Wildman–Crippen LogP) is 5.26. The van der Waals surface area contributed by atoms with Crippen LogP contribution in [0.25, 0.3) is 11.0 Å². The van der Waals surface area contributed by atoms with Crippen LogP contribution in [-0.4, -0.2) is 83.8 Å². The Balaban J connectivity index is 1.26. The minimum Gasteiger partial charge on any atom is -0.497 e. The van der Waals surface area contributed by atoms with Crippen molar-refractivity contribution in [2.24, 2.45) is 29.1 Å². The maximum absolute atomic E-state index is 14.8. The third kappa shape index (κ3) is 6.34. The highest BCUT2D eigenvalue weighted by Crippen LogP contribution is 2.57. The van der Waals surface area contributed by atoms with Crippen molar-refractivity contribution in [3.8, 4) is 11.6 Å². The molecule has 3 aliphatic heterocycles. The van der Waals surface area contributed by atoms with Gasteiger partial charge in [0.1, 0.15) is 29.7 Å². The molecule has 1 N–H and O–H groups in total. The Kier molecular flexibility index (Phi) is 9.26. The van der Waals surface area contributed by atoms with Crippen LogP contribution in [0.15, 0.2) is 18.2 Å². The summed E-state index contributed by atoms with van der Waals surface area (Å²) < 4.78 is 24.1. The molecule has 11 nitrogen and oxygen atoms in total. The summed E-state index contributed by atoms with van der Waals surface area (Å²) in [7, 11) is 1.62. The number of alkyl carbamates (subject to hydrolysis) is 1. The maximum atomic E-state index is 14.8. The molecule has 1 aromatic heterocycles. The summed E-state index contributed by atoms with van der Waals surface area (Å²) in [5.41, 5.74) is 1.66. The van der Waals surface area contributed by atoms with E-state index in [1.54, 1.807) is 12.0 Å². The summed E-state index contributed by atoms with van der Waals surface area (Å²) in [4.78, 5) is 53.4. The first kappa shape index (κ1) is 33.0. The van der Waals surface area contributed by atoms with E-state index < -0.39 is 29.7 Å². The standard InChI is InChI=1S/C37H50N4O7/c1-5-24-31-20-41(32(24)21(2)42)35(43)33(37(3)13-15-46-16-14-37)40-36(44)48-30-18-22-17-26(22)25(30)9-7-6-8-10-28-34(47-31)39-29-19-23(45-4)11-12-27(29)38-28/h11-12,19,22,24-26,30-33H,5-10,13-18,20H2,1-4H3,(H,40,44)/t22?,24-,25-,26+,30-,31+,32-,33-/m1/s1. The third-order valence-electron chi connectivity index (χ3n) is 12.0. The molecule has 4 fully saturated rings. The van der Waals surface area contributed by atoms with E-state index >= 15 is 0 Å². The highest BCUT2D eigenvalue weighted by molar-refractivity contribution is 5.92. The average molecular weight is 663 g/mol. The Hall–Kier alpha value is -3.47. The number of ketones is 1. The van der Waals surface area contributed by atoms with Crippen molar-refractivity contribution in [1.29, 1.82) is 0 Å². The number of rotatable bonds is 4. The van der Waals surface area contributed by atoms with Crippen molar-refractivity contribution in [1.82, 2.24) is 20.2 Å². The average Bonchev–Trinajstić information content (AvgIpc) is 3.61. The molecule has 0 radical (unpaired) electrons. The minimum atomic E-state index is -0.872. The molecule has 2 aromatic rings. The molecule has 8 atom stereocenters. The van der Waals surface area contributed by atoms with Crippen LogP contribution in [0.2, 0.25) is 0 Å². The number of hydrogen-bond donors (Lipinski definition) is 1. The summed E-state index contributed by atoms with van der Waals surface area (Å²) in [6, 6.07) is 4.09. The SMILES string of the molecule is CC[C@@H]1[C@@H]2CN(C(=O)[C@H](C3(C)CCOCC3)NC(=O)O[C@@H]3CC4C[C@@H]4[C@H]3CCCCCc3nc4ccc(OC)cc4nc3O2)[C@@H]1C(C)=O. The maximum Gasteiger partial charge on any atom is 0.408 e. The molecule has 1 unspecified atom stereocenters. The topological polar surface area (TPSA) is 129 Å². The van der Waals surface area contributed by atoms with Gasteiger partial charge >= 0.3 is 6.09 Å². The van der Waals surface area contributed by atoms with E-state index in [-0.39, 0.29) is 30.3 Å². The lowest BCUT2D eigenvalue weighted by atomic mass is 9.75. The number of nitrogens with zero attached hydrogens (tertiary/aromatic N) is 3. The molecule has 260 valence electrons. The van der Waals surface area contributed by atoms with Gasteiger partial charge in [-0.15, -0.1) is 0 Å². The highest BCUT2D eigenvalue weighted by Gasteiger charge is 2.55. The number of amides is 2. The molecule has 7 rings (SSSR count). The lowest BCUT2D eigenvalue weighted by molar-refractivity contribution is -0.143. The first-order valence-corrected chi connectivity index (χ1v) is 18.1. The Morgan fingerprint density at radius 2 is 1.85 bits per heavy atom. The van der Waals surface area contributed by atoms with Gasteiger partial charge in [0, 0.05) is 30.6 Å². The Morgan fingerprint density at radius 3 is 2.60 bits per heavy atom. The molecular formula is C37H50N4O7. The van der Waals surface area contributed by atoms with Gasteiger partial charge in [0.25, 0.3) is 0 Å². The first-order chi connectivity index (χ1) is 23.2. The molecule has 4 heterocycles. The number of methoxy groups -OCH3 is 1. The zero-order valence-corrected chi connectivity index (χ0v) is 28.7. The van der Waals surface area contributed by atoms with Crippen molar-refractivity contribution in [2.75, 3.05) is 26.9 Å². The number of hydrogen-bond acceptors (Lipinski definition) is 9. The highest BCUT2D eigenvalue weighted by atomic mass is 16.6. The molecule has 2 bridgehead atoms. The molecule has 1 aromatic carbocycles. The van der Waals surface area contributed by atoms with Crippen molar-refractivity contribution >= 4 is 28.8 Å². The van der Waals surface area contributed by atoms with Crippen LogP contribution in [0.1, 0.15) is 84.3 Å². The summed E-state index contributed by atoms with van der Waals surface area (Å²) in [5, 5.41) is 3.05. The molecule has 11 heteroatoms. The Bertz CT molecular complexity index is 1540. The van der Waals surface area contributed by atoms with E-state index in [0.29, 0.717) is 73.8 Å². The van der Waals surface area contributed by atoms with Crippen LogP contribution >= 0.6 is 0 Å². The van der Waals surface area contributed by atoms with E-state index in [9.17, 15) is 14.4 Å². The number of benzene rings is 1. The van der Waals surface area contributed by atoms with E-state index in [2.05, 4.69) is 5.32 Å². The summed E-state index contributed by atoms with van der Waals surface area (Å²) in [5.74, 6) is 2.07. The zero-order chi connectivity index (χ0) is 33.6. The number of aryl methyl sites for hydroxylation is 1. The predicted molar refractivity (Wildman–Crippen MR) is 178 cm³/mol. The van der Waals surface area contributed by atoms with Gasteiger partial charge in [-0.25, -0.2) is 14.8 Å². The van der Waals surface area contributed by atoms with Crippen molar-refractivity contribution < 1.29 is 33.3 Å². The number of nitrogens with one attached hydrogen (secondary N) is 1. The fourth-order valence-electron chi connectivity index (χ4n) is 9.13. The molecule has 0 spiro atoms. The normalized spacial score (nSPS) is 33.6. The molecule has 2 aliphatic carbocycles. The number of carbonyl (C=O) groups excluding carboxylic acids is 3. The number of ether oxygens (including phenoxy) is 4. The third-order valence-corrected chi connectivity index (χ3v) is 12.0. The van der Waals surface area contributed by atoms with Crippen LogP contribution in [0.3, 0.4) is 0 Å². The number of fused-ring (bicyclic) bond motifs is 7. The second kappa shape index (κ2) is 13.4. The van der Waals surface area contributed by atoms with Gasteiger partial charge in [0.15, 0.2) is 5.78 Å². The second-order valence-corrected chi connectivity index (χ2v) is 15.1. The number of aromatic nitrogens is 2. The van der Waals surface area contributed by atoms with E-state index in [4.69, 9.17) is 28.9 Å². The van der Waals surface area contributed by atoms with Crippen LogP contribution in [0.5, 0.6) is 11.6 Å². The molecule has 2 saturated heterocycles. The van der Waals surface area contributed by atoms with Crippen molar-refractivity contribution in [3.63, 3.8) is 0 Å². The van der Waals surface area contributed by atoms with Gasteiger partial charge in [-0.05, 0) is 88.2 Å². The smallest absolute Gasteiger partial charge is 0.408 e. The van der Waals surface area contributed by atoms with Gasteiger partial charge in [-0.3, -0.25) is 9.59 Å². The largest absolute Gasteiger partial charge is 0.497 e. The molecular weight excluding hydrogens is 612 g/mol. The number of Topliss-reactive ketones (excluding diaryl/α,β-unsaturated/α-hetero) is 1. The van der Waals surface area contributed by atoms with Gasteiger partial charge in [0.2, 0.25) is 11.8 Å². The lowest BCUT2D eigenvalue weighted by Gasteiger charge is -2.42. The minimum absolute atomic E-state index is 0.103. The Labute approximate surface area is 282 Å². The number of carbonyl (C=O) groups is 3. The van der Waals surface area contributed by atoms with Gasteiger partial charge in [-0.1, -0.05) is 26.7 Å². The van der Waals surface area contributed by atoms with Crippen LogP contribution in [0.4, 0.5) is 4.79 Å². The second-order valence-electron chi connectivity index (χ2n) is 15.1. The molecule has 2 amide bonds. The van der Waals surface area contributed by atoms with Gasteiger partial charge in [-0.2, -0.15) is 0 Å². The zero-order valence-electron chi connectivity index (χ0n) is 28.7. The summed E-state index contributed by atoms with van der Waals surface area (Å²) >= 11 is 0. The molecule has 48 heavy (non-hydrogen) atoms. The first-order valence-electron chi connectivity index (χ1n) is 18.1. The van der Waals surface area contributed by atoms with Gasteiger partial charge in [0.05, 0.1) is 30.7 Å². The van der Waals surface area contributed by atoms with Crippen molar-refractivity contribution in [3.05, 3.63) is 23.9 Å². The fourth-order valence-corrected chi connectivity index (χ4v) is 9.13. The van der Waals surface area contributed by atoms with E-state index in [1.807, 2.05) is 32.0 Å². The molecule has 2 saturated carbocycles. The van der Waals surface area contributed by atoms with Gasteiger partial charge < -0.3 is 29.2 Å². The lowest BCUT2D eigenvalue weighted by Crippen LogP contribution is -2.59. The van der Waals surface area contributed by atoms with Crippen LogP contribution < -0.4 is 14.8 Å². The summed E-state index contributed by atoms with van der Waals surface area (Å²) in [6.45, 7) is 6.79. The van der Waals surface area contributed by atoms with Crippen LogP contribution in [0, 0.1) is 29.1 Å². The fraction of sp³-hybridized carbons (Fsp3) is 0.703. The Morgan fingerprint density at radius 1 is 1.04 bits per heavy atom. The van der Waals surface area contributed by atoms with E-state index in [1.165, 1.54) is 13.3 Å². The molecule has 5 aliphatic rings. The quantitative estimate of drug-likeness (QED) is 0.466. The van der Waals surface area contributed by atoms with Crippen molar-refractivity contribution in [2.45, 2.75) is 109 Å². The monoisotopic (exact) mass is 662 g/mol.